The Kier molecular flexibility index (Phi) is 5.02. The minimum absolute atomic E-state index is 0.0729. The van der Waals surface area contributed by atoms with Gasteiger partial charge in [0.05, 0.1) is 11.1 Å². The highest BCUT2D eigenvalue weighted by molar-refractivity contribution is 5.84. The number of nitrogens with one attached hydrogen (secondary N) is 3. The second kappa shape index (κ2) is 7.01. The van der Waals surface area contributed by atoms with Crippen molar-refractivity contribution in [1.29, 1.82) is 0 Å². The van der Waals surface area contributed by atoms with Crippen LogP contribution in [0.4, 0.5) is 0 Å². The average molecular weight is 319 g/mol. The van der Waals surface area contributed by atoms with Gasteiger partial charge in [0, 0.05) is 43.9 Å². The summed E-state index contributed by atoms with van der Waals surface area (Å²) < 4.78 is 0. The summed E-state index contributed by atoms with van der Waals surface area (Å²) in [5.74, 6) is 0.776. The van der Waals surface area contributed by atoms with E-state index in [1.165, 1.54) is 11.3 Å². The smallest absolute Gasteiger partial charge is 0.226 e. The lowest BCUT2D eigenvalue weighted by Crippen LogP contribution is -2.35. The Balaban J connectivity index is 1.61. The van der Waals surface area contributed by atoms with Crippen molar-refractivity contribution < 1.29 is 4.79 Å². The van der Waals surface area contributed by atoms with Crippen LogP contribution in [-0.4, -0.2) is 54.7 Å². The summed E-state index contributed by atoms with van der Waals surface area (Å²) in [6.07, 6.45) is 7.21. The summed E-state index contributed by atoms with van der Waals surface area (Å²) in [6, 6.07) is 0. The molecule has 1 aliphatic carbocycles. The second-order valence-corrected chi connectivity index (χ2v) is 7.20. The van der Waals surface area contributed by atoms with Crippen LogP contribution in [0.15, 0.2) is 6.20 Å². The summed E-state index contributed by atoms with van der Waals surface area (Å²) >= 11 is 0. The van der Waals surface area contributed by atoms with Crippen molar-refractivity contribution in [3.63, 3.8) is 0 Å². The number of hydrogen-bond acceptors (Lipinski definition) is 4. The van der Waals surface area contributed by atoms with Crippen molar-refractivity contribution in [2.45, 2.75) is 44.6 Å². The van der Waals surface area contributed by atoms with E-state index >= 15 is 0 Å². The first-order valence-electron chi connectivity index (χ1n) is 8.78. The van der Waals surface area contributed by atoms with Crippen molar-refractivity contribution in [2.75, 3.05) is 33.7 Å². The van der Waals surface area contributed by atoms with Crippen molar-refractivity contribution in [3.05, 3.63) is 17.5 Å². The molecule has 3 N–H and O–H groups in total. The summed E-state index contributed by atoms with van der Waals surface area (Å²) in [4.78, 5) is 14.4. The average Bonchev–Trinajstić information content (AvgIpc) is 3.14. The Morgan fingerprint density at radius 3 is 2.83 bits per heavy atom. The lowest BCUT2D eigenvalue weighted by atomic mass is 9.68. The monoisotopic (exact) mass is 319 g/mol. The third-order valence-electron chi connectivity index (χ3n) is 5.64. The highest BCUT2D eigenvalue weighted by Gasteiger charge is 2.45. The predicted octanol–water partition coefficient (Wildman–Crippen LogP) is 1.22. The minimum atomic E-state index is -0.0729. The number of aromatic amines is 1. The SMILES string of the molecule is CNCCN(C)Cc1c[nH]nc1C1CCC2(CCNC2=O)CC1. The van der Waals surface area contributed by atoms with Gasteiger partial charge in [-0.2, -0.15) is 5.10 Å². The molecule has 0 radical (unpaired) electrons. The molecule has 6 nitrogen and oxygen atoms in total. The van der Waals surface area contributed by atoms with Crippen LogP contribution >= 0.6 is 0 Å². The fourth-order valence-electron chi connectivity index (χ4n) is 4.12. The van der Waals surface area contributed by atoms with Gasteiger partial charge in [-0.3, -0.25) is 9.89 Å². The van der Waals surface area contributed by atoms with Crippen molar-refractivity contribution in [3.8, 4) is 0 Å². The van der Waals surface area contributed by atoms with Gasteiger partial charge in [0.15, 0.2) is 0 Å². The van der Waals surface area contributed by atoms with Crippen LogP contribution in [0.2, 0.25) is 0 Å². The van der Waals surface area contributed by atoms with Gasteiger partial charge in [-0.1, -0.05) is 0 Å². The van der Waals surface area contributed by atoms with Crippen molar-refractivity contribution >= 4 is 5.91 Å². The molecule has 0 bridgehead atoms. The van der Waals surface area contributed by atoms with E-state index in [1.54, 1.807) is 0 Å². The van der Waals surface area contributed by atoms with Crippen molar-refractivity contribution in [2.24, 2.45) is 5.41 Å². The first kappa shape index (κ1) is 16.5. The Labute approximate surface area is 138 Å². The molecule has 1 saturated carbocycles. The van der Waals surface area contributed by atoms with E-state index in [0.717, 1.165) is 58.3 Å². The number of H-pyrrole nitrogens is 1. The highest BCUT2D eigenvalue weighted by Crippen LogP contribution is 2.47. The van der Waals surface area contributed by atoms with E-state index in [1.807, 2.05) is 13.2 Å². The van der Waals surface area contributed by atoms with E-state index in [2.05, 4.69) is 32.8 Å². The number of aromatic nitrogens is 2. The lowest BCUT2D eigenvalue weighted by molar-refractivity contribution is -0.129. The number of carbonyl (C=O) groups excluding carboxylic acids is 1. The maximum absolute atomic E-state index is 12.1. The molecule has 0 unspecified atom stereocenters. The molecule has 0 aromatic carbocycles. The topological polar surface area (TPSA) is 73.1 Å². The molecular formula is C17H29N5O. The Morgan fingerprint density at radius 2 is 2.17 bits per heavy atom. The van der Waals surface area contributed by atoms with E-state index < -0.39 is 0 Å². The Hall–Kier alpha value is -1.40. The molecule has 23 heavy (non-hydrogen) atoms. The second-order valence-electron chi connectivity index (χ2n) is 7.20. The summed E-state index contributed by atoms with van der Waals surface area (Å²) in [7, 11) is 4.13. The number of carbonyl (C=O) groups is 1. The normalized spacial score (nSPS) is 27.8. The standard InChI is InChI=1S/C17H29N5O/c1-18-9-10-22(2)12-14-11-20-21-15(14)13-3-5-17(6-4-13)7-8-19-16(17)23/h11,13,18H,3-10,12H2,1-2H3,(H,19,23)(H,20,21). The molecule has 1 aromatic heterocycles. The highest BCUT2D eigenvalue weighted by atomic mass is 16.2. The van der Waals surface area contributed by atoms with Crippen LogP contribution in [0.3, 0.4) is 0 Å². The minimum Gasteiger partial charge on any atom is -0.356 e. The zero-order valence-electron chi connectivity index (χ0n) is 14.3. The maximum Gasteiger partial charge on any atom is 0.226 e. The number of rotatable bonds is 6. The molecule has 2 aliphatic rings. The Morgan fingerprint density at radius 1 is 1.39 bits per heavy atom. The molecule has 1 aromatic rings. The lowest BCUT2D eigenvalue weighted by Gasteiger charge is -2.34. The first-order chi connectivity index (χ1) is 11.1. The number of amides is 1. The number of nitrogens with zero attached hydrogens (tertiary/aromatic N) is 2. The third kappa shape index (κ3) is 3.43. The van der Waals surface area contributed by atoms with Gasteiger partial charge in [-0.05, 0) is 46.2 Å². The van der Waals surface area contributed by atoms with Crippen LogP contribution in [-0.2, 0) is 11.3 Å². The van der Waals surface area contributed by atoms with Gasteiger partial charge < -0.3 is 15.5 Å². The molecule has 1 amide bonds. The third-order valence-corrected chi connectivity index (χ3v) is 5.64. The Bertz CT molecular complexity index is 533. The molecule has 1 aliphatic heterocycles. The largest absolute Gasteiger partial charge is 0.356 e. The van der Waals surface area contributed by atoms with Crippen LogP contribution in [0, 0.1) is 5.41 Å². The maximum atomic E-state index is 12.1. The van der Waals surface area contributed by atoms with Gasteiger partial charge in [-0.25, -0.2) is 0 Å². The first-order valence-corrected chi connectivity index (χ1v) is 8.78. The molecule has 2 heterocycles. The van der Waals surface area contributed by atoms with Gasteiger partial charge in [0.1, 0.15) is 0 Å². The quantitative estimate of drug-likeness (QED) is 0.737. The fourth-order valence-corrected chi connectivity index (χ4v) is 4.12. The summed E-state index contributed by atoms with van der Waals surface area (Å²) in [5.41, 5.74) is 2.45. The molecule has 2 fully saturated rings. The van der Waals surface area contributed by atoms with E-state index in [9.17, 15) is 4.79 Å². The molecule has 3 rings (SSSR count). The zero-order chi connectivity index (χ0) is 16.3. The van der Waals surface area contributed by atoms with Crippen LogP contribution < -0.4 is 10.6 Å². The fraction of sp³-hybridized carbons (Fsp3) is 0.765. The van der Waals surface area contributed by atoms with E-state index in [0.29, 0.717) is 5.92 Å². The number of likely N-dealkylation sites (N-methyl/N-ethyl adjacent to an activating group) is 2. The van der Waals surface area contributed by atoms with Crippen molar-refractivity contribution in [1.82, 2.24) is 25.7 Å². The van der Waals surface area contributed by atoms with Crippen LogP contribution in [0.5, 0.6) is 0 Å². The molecule has 1 spiro atoms. The zero-order valence-corrected chi connectivity index (χ0v) is 14.3. The van der Waals surface area contributed by atoms with Crippen LogP contribution in [0.1, 0.15) is 49.3 Å². The summed E-state index contributed by atoms with van der Waals surface area (Å²) in [6.45, 7) is 3.79. The van der Waals surface area contributed by atoms with Gasteiger partial charge in [-0.15, -0.1) is 0 Å². The summed E-state index contributed by atoms with van der Waals surface area (Å²) in [5, 5.41) is 13.8. The van der Waals surface area contributed by atoms with Crippen LogP contribution in [0.25, 0.3) is 0 Å². The van der Waals surface area contributed by atoms with Gasteiger partial charge in [0.2, 0.25) is 5.91 Å². The molecule has 6 heteroatoms. The predicted molar refractivity (Wildman–Crippen MR) is 90.1 cm³/mol. The molecular weight excluding hydrogens is 290 g/mol. The van der Waals surface area contributed by atoms with E-state index in [-0.39, 0.29) is 11.3 Å². The molecule has 1 saturated heterocycles. The molecule has 0 atom stereocenters. The van der Waals surface area contributed by atoms with Gasteiger partial charge >= 0.3 is 0 Å². The van der Waals surface area contributed by atoms with E-state index in [4.69, 9.17) is 0 Å². The number of hydrogen-bond donors (Lipinski definition) is 3. The van der Waals surface area contributed by atoms with Gasteiger partial charge in [0.25, 0.3) is 0 Å². The molecule has 128 valence electrons.